The number of hydrogen-bond donors (Lipinski definition) is 3. The second kappa shape index (κ2) is 8.69. The molecule has 0 aliphatic heterocycles. The summed E-state index contributed by atoms with van der Waals surface area (Å²) in [4.78, 5) is 20.5. The number of hydrogen-bond acceptors (Lipinski definition) is 5. The van der Waals surface area contributed by atoms with E-state index < -0.39 is 18.0 Å². The predicted molar refractivity (Wildman–Crippen MR) is 104 cm³/mol. The van der Waals surface area contributed by atoms with Crippen molar-refractivity contribution in [2.24, 2.45) is 0 Å². The third kappa shape index (κ3) is 5.26. The number of nitrogens with one attached hydrogen (secondary N) is 1. The van der Waals surface area contributed by atoms with Gasteiger partial charge in [-0.25, -0.2) is 14.2 Å². The van der Waals surface area contributed by atoms with Gasteiger partial charge in [0, 0.05) is 41.6 Å². The lowest BCUT2D eigenvalue weighted by molar-refractivity contribution is -0.192. The number of benzene rings is 1. The number of carboxylic acids is 1. The van der Waals surface area contributed by atoms with Crippen molar-refractivity contribution >= 4 is 22.7 Å². The van der Waals surface area contributed by atoms with Gasteiger partial charge < -0.3 is 20.6 Å². The Morgan fingerprint density at radius 3 is 2.45 bits per heavy atom. The highest BCUT2D eigenvalue weighted by atomic mass is 19.4. The van der Waals surface area contributed by atoms with E-state index in [1.165, 1.54) is 12.1 Å². The van der Waals surface area contributed by atoms with Crippen LogP contribution in [-0.4, -0.2) is 32.2 Å². The standard InChI is InChI=1S/C18H13FN4O.C2HF3O2/c19-14-8-12(20)3-4-17(14)24-16-5-7-22-18-13(16)9-15(23-18)11-2-1-6-21-10-11;3-2(4,5)1(6)7/h1-10H,20H2,(H,22,23);(H,6,7). The van der Waals surface area contributed by atoms with Gasteiger partial charge in [0.15, 0.2) is 11.6 Å². The first-order valence-corrected chi connectivity index (χ1v) is 8.56. The molecule has 3 aromatic heterocycles. The highest BCUT2D eigenvalue weighted by Crippen LogP contribution is 2.33. The van der Waals surface area contributed by atoms with Gasteiger partial charge in [-0.2, -0.15) is 13.2 Å². The number of fused-ring (bicyclic) bond motifs is 1. The van der Waals surface area contributed by atoms with Crippen LogP contribution in [0.25, 0.3) is 22.3 Å². The quantitative estimate of drug-likeness (QED) is 0.316. The number of carboxylic acid groups (broad SMARTS) is 1. The zero-order valence-electron chi connectivity index (χ0n) is 15.5. The van der Waals surface area contributed by atoms with E-state index in [4.69, 9.17) is 20.4 Å². The van der Waals surface area contributed by atoms with Crippen LogP contribution in [-0.2, 0) is 4.79 Å². The minimum atomic E-state index is -5.08. The van der Waals surface area contributed by atoms with Crippen LogP contribution in [0.1, 0.15) is 0 Å². The maximum atomic E-state index is 14.0. The molecule has 160 valence electrons. The molecule has 31 heavy (non-hydrogen) atoms. The largest absolute Gasteiger partial charge is 0.490 e. The van der Waals surface area contributed by atoms with Crippen LogP contribution in [0.3, 0.4) is 0 Å². The van der Waals surface area contributed by atoms with Crippen molar-refractivity contribution in [1.82, 2.24) is 15.0 Å². The van der Waals surface area contributed by atoms with Crippen molar-refractivity contribution in [3.8, 4) is 22.8 Å². The summed E-state index contributed by atoms with van der Waals surface area (Å²) in [7, 11) is 0. The molecule has 0 saturated heterocycles. The number of aromatic amines is 1. The minimum Gasteiger partial charge on any atom is -0.475 e. The van der Waals surface area contributed by atoms with Gasteiger partial charge in [-0.15, -0.1) is 0 Å². The average Bonchev–Trinajstić information content (AvgIpc) is 3.16. The lowest BCUT2D eigenvalue weighted by Gasteiger charge is -2.07. The number of aromatic nitrogens is 3. The van der Waals surface area contributed by atoms with Gasteiger partial charge in [-0.1, -0.05) is 0 Å². The molecule has 0 aliphatic rings. The Hall–Kier alpha value is -4.15. The van der Waals surface area contributed by atoms with Crippen LogP contribution >= 0.6 is 0 Å². The fourth-order valence-corrected chi connectivity index (χ4v) is 2.49. The number of H-pyrrole nitrogens is 1. The summed E-state index contributed by atoms with van der Waals surface area (Å²) in [5.74, 6) is -2.65. The maximum absolute atomic E-state index is 14.0. The summed E-state index contributed by atoms with van der Waals surface area (Å²) in [5.41, 5.74) is 8.36. The fraction of sp³-hybridized carbons (Fsp3) is 0.0500. The Labute approximate surface area is 172 Å². The summed E-state index contributed by atoms with van der Waals surface area (Å²) in [6.07, 6.45) is -0.00981. The van der Waals surface area contributed by atoms with Crippen LogP contribution in [0.4, 0.5) is 23.2 Å². The Balaban J connectivity index is 0.000000339. The number of halogens is 4. The zero-order chi connectivity index (χ0) is 22.6. The first-order chi connectivity index (χ1) is 14.6. The fourth-order valence-electron chi connectivity index (χ4n) is 2.49. The first kappa shape index (κ1) is 21.6. The Kier molecular flexibility index (Phi) is 6.05. The van der Waals surface area contributed by atoms with E-state index in [0.29, 0.717) is 17.1 Å². The molecule has 11 heteroatoms. The minimum absolute atomic E-state index is 0.112. The van der Waals surface area contributed by atoms with E-state index in [0.717, 1.165) is 16.6 Å². The third-order valence-electron chi connectivity index (χ3n) is 3.88. The molecule has 0 amide bonds. The van der Waals surface area contributed by atoms with Gasteiger partial charge in [0.1, 0.15) is 11.4 Å². The molecular weight excluding hydrogens is 420 g/mol. The summed E-state index contributed by atoms with van der Waals surface area (Å²) >= 11 is 0. The van der Waals surface area contributed by atoms with E-state index in [1.54, 1.807) is 30.7 Å². The van der Waals surface area contributed by atoms with E-state index in [2.05, 4.69) is 15.0 Å². The second-order valence-corrected chi connectivity index (χ2v) is 6.09. The molecule has 4 rings (SSSR count). The lowest BCUT2D eigenvalue weighted by Crippen LogP contribution is -2.21. The molecule has 4 N–H and O–H groups in total. The molecule has 0 spiro atoms. The van der Waals surface area contributed by atoms with Gasteiger partial charge in [0.25, 0.3) is 0 Å². The Bertz CT molecular complexity index is 1210. The number of nitrogen functional groups attached to an aromatic ring is 1. The number of carbonyl (C=O) groups is 1. The molecule has 3 heterocycles. The Morgan fingerprint density at radius 1 is 1.10 bits per heavy atom. The van der Waals surface area contributed by atoms with Gasteiger partial charge >= 0.3 is 12.1 Å². The number of ether oxygens (including phenoxy) is 1. The summed E-state index contributed by atoms with van der Waals surface area (Å²) < 4.78 is 51.4. The lowest BCUT2D eigenvalue weighted by atomic mass is 10.2. The topological polar surface area (TPSA) is 114 Å². The highest BCUT2D eigenvalue weighted by molar-refractivity contribution is 5.88. The molecular formula is C20H14F4N4O3. The number of rotatable bonds is 3. The monoisotopic (exact) mass is 434 g/mol. The van der Waals surface area contributed by atoms with E-state index in [9.17, 15) is 17.6 Å². The van der Waals surface area contributed by atoms with Crippen LogP contribution in [0.5, 0.6) is 11.5 Å². The molecule has 0 atom stereocenters. The van der Waals surface area contributed by atoms with Gasteiger partial charge in [0.05, 0.1) is 5.39 Å². The average molecular weight is 434 g/mol. The summed E-state index contributed by atoms with van der Waals surface area (Å²) in [6, 6.07) is 11.7. The second-order valence-electron chi connectivity index (χ2n) is 6.09. The van der Waals surface area contributed by atoms with Crippen molar-refractivity contribution in [1.29, 1.82) is 0 Å². The van der Waals surface area contributed by atoms with E-state index >= 15 is 0 Å². The number of nitrogens with zero attached hydrogens (tertiary/aromatic N) is 2. The SMILES string of the molecule is Nc1ccc(Oc2ccnc3[nH]c(-c4cccnc4)cc23)c(F)c1.O=C(O)C(F)(F)F. The molecule has 1 aromatic carbocycles. The number of pyridine rings is 2. The van der Waals surface area contributed by atoms with Crippen molar-refractivity contribution in [3.05, 3.63) is 66.9 Å². The molecule has 7 nitrogen and oxygen atoms in total. The van der Waals surface area contributed by atoms with E-state index in [1.807, 2.05) is 18.2 Å². The normalized spacial score (nSPS) is 11.0. The molecule has 0 bridgehead atoms. The molecule has 0 aliphatic carbocycles. The molecule has 0 saturated carbocycles. The number of nitrogens with two attached hydrogens (primary N) is 1. The smallest absolute Gasteiger partial charge is 0.475 e. The molecule has 4 aromatic rings. The van der Waals surface area contributed by atoms with Crippen LogP contribution < -0.4 is 10.5 Å². The Morgan fingerprint density at radius 2 is 1.84 bits per heavy atom. The van der Waals surface area contributed by atoms with Crippen molar-refractivity contribution in [2.75, 3.05) is 5.73 Å². The van der Waals surface area contributed by atoms with E-state index in [-0.39, 0.29) is 5.75 Å². The number of anilines is 1. The number of aliphatic carboxylic acids is 1. The third-order valence-corrected chi connectivity index (χ3v) is 3.88. The molecule has 0 fully saturated rings. The zero-order valence-corrected chi connectivity index (χ0v) is 15.5. The summed E-state index contributed by atoms with van der Waals surface area (Å²) in [5, 5.41) is 7.88. The first-order valence-electron chi connectivity index (χ1n) is 8.56. The van der Waals surface area contributed by atoms with Gasteiger partial charge in [0.2, 0.25) is 0 Å². The molecule has 0 radical (unpaired) electrons. The predicted octanol–water partition coefficient (Wildman–Crippen LogP) is 4.77. The maximum Gasteiger partial charge on any atom is 0.490 e. The van der Waals surface area contributed by atoms with Crippen LogP contribution in [0.2, 0.25) is 0 Å². The van der Waals surface area contributed by atoms with Gasteiger partial charge in [-0.05, 0) is 36.4 Å². The van der Waals surface area contributed by atoms with Crippen LogP contribution in [0.15, 0.2) is 61.1 Å². The van der Waals surface area contributed by atoms with Crippen molar-refractivity contribution in [2.45, 2.75) is 6.18 Å². The van der Waals surface area contributed by atoms with Crippen molar-refractivity contribution < 1.29 is 32.2 Å². The van der Waals surface area contributed by atoms with Crippen molar-refractivity contribution in [3.63, 3.8) is 0 Å². The number of alkyl halides is 3. The van der Waals surface area contributed by atoms with Gasteiger partial charge in [-0.3, -0.25) is 4.98 Å². The highest BCUT2D eigenvalue weighted by Gasteiger charge is 2.38. The molecule has 0 unspecified atom stereocenters. The summed E-state index contributed by atoms with van der Waals surface area (Å²) in [6.45, 7) is 0. The van der Waals surface area contributed by atoms with Crippen LogP contribution in [0, 0.1) is 5.82 Å².